The van der Waals surface area contributed by atoms with E-state index in [1.165, 1.54) is 48.5 Å². The second-order valence-corrected chi connectivity index (χ2v) is 12.4. The summed E-state index contributed by atoms with van der Waals surface area (Å²) in [5.41, 5.74) is 1.85. The van der Waals surface area contributed by atoms with Crippen LogP contribution in [0, 0.1) is 29.6 Å². The average Bonchev–Trinajstić information content (AvgIpc) is 3.50. The molecule has 12 nitrogen and oxygen atoms in total. The number of carbonyl (C=O) groups is 6. The quantitative estimate of drug-likeness (QED) is 0.241. The van der Waals surface area contributed by atoms with Crippen molar-refractivity contribution in [3.8, 4) is 5.75 Å². The highest BCUT2D eigenvalue weighted by Gasteiger charge is 2.62. The second-order valence-electron chi connectivity index (χ2n) is 12.4. The Morgan fingerprint density at radius 1 is 0.688 bits per heavy atom. The van der Waals surface area contributed by atoms with Crippen molar-refractivity contribution in [2.45, 2.75) is 18.8 Å². The fourth-order valence-corrected chi connectivity index (χ4v) is 7.98. The fourth-order valence-electron chi connectivity index (χ4n) is 7.98. The SMILES string of the molecule is O=C(O)c1ccc(N2C(=O)[C@H]3[C@H](CC=C4[C@H]3C[C@H]3C(=O)N(c5ccc(C(=O)O)cc5)C(=O)[C@H]3[C@H]4c3ccccc3OCCO)C2=O)cc1. The lowest BCUT2D eigenvalue weighted by Gasteiger charge is -2.44. The number of aliphatic hydroxyl groups is 1. The van der Waals surface area contributed by atoms with Gasteiger partial charge in [-0.25, -0.2) is 9.59 Å². The van der Waals surface area contributed by atoms with Crippen LogP contribution in [0.15, 0.2) is 84.4 Å². The number of anilines is 2. The molecule has 3 fully saturated rings. The van der Waals surface area contributed by atoms with Crippen molar-refractivity contribution in [3.63, 3.8) is 0 Å². The Bertz CT molecular complexity index is 1900. The van der Waals surface area contributed by atoms with Crippen molar-refractivity contribution < 1.29 is 48.8 Å². The summed E-state index contributed by atoms with van der Waals surface area (Å²) in [5.74, 6) is -8.24. The zero-order valence-corrected chi connectivity index (χ0v) is 25.4. The summed E-state index contributed by atoms with van der Waals surface area (Å²) < 4.78 is 5.89. The van der Waals surface area contributed by atoms with E-state index in [1.54, 1.807) is 24.3 Å². The molecular formula is C36H30N2O10. The van der Waals surface area contributed by atoms with E-state index >= 15 is 0 Å². The third-order valence-electron chi connectivity index (χ3n) is 10.00. The summed E-state index contributed by atoms with van der Waals surface area (Å²) in [6.07, 6.45) is 2.26. The predicted molar refractivity (Wildman–Crippen MR) is 168 cm³/mol. The number of rotatable bonds is 8. The number of hydrogen-bond donors (Lipinski definition) is 3. The van der Waals surface area contributed by atoms with Crippen molar-refractivity contribution in [2.24, 2.45) is 29.6 Å². The summed E-state index contributed by atoms with van der Waals surface area (Å²) in [5, 5.41) is 28.2. The van der Waals surface area contributed by atoms with Gasteiger partial charge >= 0.3 is 11.9 Å². The maximum absolute atomic E-state index is 14.3. The number of carboxylic acid groups (broad SMARTS) is 2. The van der Waals surface area contributed by atoms with E-state index in [0.717, 1.165) is 15.4 Å². The van der Waals surface area contributed by atoms with E-state index in [4.69, 9.17) is 4.74 Å². The Hall–Kier alpha value is -5.62. The first-order valence-electron chi connectivity index (χ1n) is 15.6. The lowest BCUT2D eigenvalue weighted by atomic mass is 9.57. The molecule has 0 bridgehead atoms. The summed E-state index contributed by atoms with van der Waals surface area (Å²) >= 11 is 0. The maximum atomic E-state index is 14.3. The number of carbonyl (C=O) groups excluding carboxylic acids is 4. The molecule has 0 aromatic heterocycles. The van der Waals surface area contributed by atoms with E-state index in [2.05, 4.69) is 0 Å². The first-order valence-corrected chi connectivity index (χ1v) is 15.6. The number of fused-ring (bicyclic) bond motifs is 4. The molecule has 4 aliphatic rings. The monoisotopic (exact) mass is 650 g/mol. The normalized spacial score (nSPS) is 26.1. The van der Waals surface area contributed by atoms with Crippen LogP contribution in [0.25, 0.3) is 0 Å². The average molecular weight is 651 g/mol. The standard InChI is InChI=1S/C36H30N2O10/c39-15-16-48-27-4-2-1-3-23(27)28-22-13-14-24-29(33(42)37(31(24)40)20-9-5-18(6-10-20)35(44)45)25(22)17-26-30(28)34(43)38(32(26)41)21-11-7-19(8-12-21)36(46)47/h1-13,24-26,28-30,39H,14-17H2,(H,44,45)(H,46,47)/t24-,25+,26+,28+,29-,30+/m0/s1. The molecule has 2 heterocycles. The van der Waals surface area contributed by atoms with Gasteiger partial charge in [0.05, 0.1) is 52.8 Å². The van der Waals surface area contributed by atoms with Crippen LogP contribution in [-0.4, -0.2) is 64.1 Å². The van der Waals surface area contributed by atoms with Crippen molar-refractivity contribution in [3.05, 3.63) is 101 Å². The van der Waals surface area contributed by atoms with Crippen LogP contribution in [0.2, 0.25) is 0 Å². The van der Waals surface area contributed by atoms with Gasteiger partial charge in [0.2, 0.25) is 23.6 Å². The molecule has 7 rings (SSSR count). The lowest BCUT2D eigenvalue weighted by Crippen LogP contribution is -2.43. The van der Waals surface area contributed by atoms with Gasteiger partial charge in [0, 0.05) is 11.5 Å². The molecule has 48 heavy (non-hydrogen) atoms. The maximum Gasteiger partial charge on any atom is 0.335 e. The Balaban J connectivity index is 1.31. The van der Waals surface area contributed by atoms with E-state index in [0.29, 0.717) is 11.3 Å². The first-order chi connectivity index (χ1) is 23.1. The van der Waals surface area contributed by atoms with E-state index < -0.39 is 71.1 Å². The fraction of sp³-hybridized carbons (Fsp3) is 0.278. The van der Waals surface area contributed by atoms with Gasteiger partial charge in [-0.05, 0) is 73.4 Å². The van der Waals surface area contributed by atoms with Gasteiger partial charge in [-0.1, -0.05) is 29.8 Å². The van der Waals surface area contributed by atoms with Gasteiger partial charge in [0.25, 0.3) is 0 Å². The molecule has 4 amide bonds. The van der Waals surface area contributed by atoms with E-state index in [-0.39, 0.29) is 48.6 Å². The largest absolute Gasteiger partial charge is 0.491 e. The van der Waals surface area contributed by atoms with Crippen LogP contribution in [-0.2, 0) is 19.2 Å². The number of carboxylic acids is 2. The van der Waals surface area contributed by atoms with E-state index in [9.17, 15) is 44.1 Å². The van der Waals surface area contributed by atoms with Crippen molar-refractivity contribution in [1.82, 2.24) is 0 Å². The van der Waals surface area contributed by atoms with Crippen LogP contribution in [0.4, 0.5) is 11.4 Å². The topological polar surface area (TPSA) is 179 Å². The minimum atomic E-state index is -1.15. The molecule has 0 radical (unpaired) electrons. The van der Waals surface area contributed by atoms with Crippen molar-refractivity contribution >= 4 is 46.9 Å². The van der Waals surface area contributed by atoms with Crippen LogP contribution < -0.4 is 14.5 Å². The Labute approximate surface area is 273 Å². The first kappa shape index (κ1) is 31.0. The molecule has 2 saturated heterocycles. The molecule has 2 aliphatic heterocycles. The zero-order chi connectivity index (χ0) is 33.9. The molecule has 3 aromatic rings. The van der Waals surface area contributed by atoms with Gasteiger partial charge in [-0.3, -0.25) is 29.0 Å². The molecule has 2 aliphatic carbocycles. The summed E-state index contributed by atoms with van der Waals surface area (Å²) in [6, 6.07) is 18.0. The molecule has 244 valence electrons. The van der Waals surface area contributed by atoms with Gasteiger partial charge < -0.3 is 20.1 Å². The molecule has 1 saturated carbocycles. The lowest BCUT2D eigenvalue weighted by molar-refractivity contribution is -0.126. The third-order valence-corrected chi connectivity index (χ3v) is 10.00. The number of amides is 4. The summed E-state index contributed by atoms with van der Waals surface area (Å²) in [6.45, 7) is -0.264. The highest BCUT2D eigenvalue weighted by Crippen LogP contribution is 2.59. The molecule has 3 aromatic carbocycles. The number of aromatic carboxylic acids is 2. The van der Waals surface area contributed by atoms with Crippen molar-refractivity contribution in [2.75, 3.05) is 23.0 Å². The number of nitrogens with zero attached hydrogens (tertiary/aromatic N) is 2. The van der Waals surface area contributed by atoms with Crippen molar-refractivity contribution in [1.29, 1.82) is 0 Å². The van der Waals surface area contributed by atoms with Gasteiger partial charge in [-0.2, -0.15) is 0 Å². The Kier molecular flexibility index (Phi) is 7.67. The predicted octanol–water partition coefficient (Wildman–Crippen LogP) is 3.50. The van der Waals surface area contributed by atoms with Crippen LogP contribution in [0.1, 0.15) is 45.0 Å². The van der Waals surface area contributed by atoms with Crippen LogP contribution in [0.3, 0.4) is 0 Å². The van der Waals surface area contributed by atoms with Gasteiger partial charge in [0.1, 0.15) is 12.4 Å². The van der Waals surface area contributed by atoms with Gasteiger partial charge in [0.15, 0.2) is 0 Å². The number of benzene rings is 3. The number of aliphatic hydroxyl groups excluding tert-OH is 1. The number of ether oxygens (including phenoxy) is 1. The third kappa shape index (κ3) is 4.79. The minimum Gasteiger partial charge on any atom is -0.491 e. The molecular weight excluding hydrogens is 620 g/mol. The van der Waals surface area contributed by atoms with E-state index in [1.807, 2.05) is 6.08 Å². The highest BCUT2D eigenvalue weighted by molar-refractivity contribution is 6.24. The van der Waals surface area contributed by atoms with Gasteiger partial charge in [-0.15, -0.1) is 0 Å². The highest BCUT2D eigenvalue weighted by atomic mass is 16.5. The molecule has 0 spiro atoms. The summed E-state index contributed by atoms with van der Waals surface area (Å²) in [7, 11) is 0. The summed E-state index contributed by atoms with van der Waals surface area (Å²) in [4.78, 5) is 81.5. The zero-order valence-electron chi connectivity index (χ0n) is 25.4. The minimum absolute atomic E-state index is 0.00289. The molecule has 12 heteroatoms. The molecule has 0 unspecified atom stereocenters. The van der Waals surface area contributed by atoms with Crippen LogP contribution in [0.5, 0.6) is 5.75 Å². The number of hydrogen-bond acceptors (Lipinski definition) is 8. The molecule has 6 atom stereocenters. The Morgan fingerprint density at radius 3 is 1.79 bits per heavy atom. The second kappa shape index (κ2) is 11.9. The molecule has 3 N–H and O–H groups in total. The number of allylic oxidation sites excluding steroid dienone is 2. The smallest absolute Gasteiger partial charge is 0.335 e. The number of para-hydroxylation sites is 1. The Morgan fingerprint density at radius 2 is 1.23 bits per heavy atom. The van der Waals surface area contributed by atoms with Crippen LogP contribution >= 0.6 is 0 Å². The number of imide groups is 2.